The fourth-order valence-electron chi connectivity index (χ4n) is 4.30. The molecule has 0 radical (unpaired) electrons. The quantitative estimate of drug-likeness (QED) is 0.566. The zero-order valence-electron chi connectivity index (χ0n) is 18.1. The van der Waals surface area contributed by atoms with Crippen molar-refractivity contribution < 1.29 is 27.2 Å². The molecule has 174 valence electrons. The lowest BCUT2D eigenvalue weighted by molar-refractivity contribution is -0.185. The van der Waals surface area contributed by atoms with Crippen LogP contribution in [0.5, 0.6) is 0 Å². The Morgan fingerprint density at radius 3 is 2.55 bits per heavy atom. The average molecular weight is 460 g/mol. The molecule has 10 nitrogen and oxygen atoms in total. The maximum atomic E-state index is 13.0. The van der Waals surface area contributed by atoms with Gasteiger partial charge in [-0.3, -0.25) is 9.63 Å². The number of carbonyl (C=O) groups is 1. The van der Waals surface area contributed by atoms with Crippen molar-refractivity contribution in [1.82, 2.24) is 19.8 Å². The van der Waals surface area contributed by atoms with Gasteiger partial charge in [-0.25, -0.2) is 32.6 Å². The maximum Gasteiger partial charge on any atom is 0.254 e. The monoisotopic (exact) mass is 459 g/mol. The zero-order valence-corrected chi connectivity index (χ0v) is 18.9. The molecule has 31 heavy (non-hydrogen) atoms. The van der Waals surface area contributed by atoms with Crippen LogP contribution in [-0.4, -0.2) is 81.6 Å². The number of nitrogens with zero attached hydrogens (tertiary/aromatic N) is 4. The van der Waals surface area contributed by atoms with E-state index >= 15 is 0 Å². The Morgan fingerprint density at radius 2 is 1.97 bits per heavy atom. The van der Waals surface area contributed by atoms with E-state index in [4.69, 9.17) is 9.57 Å². The lowest BCUT2D eigenvalue weighted by atomic mass is 9.85. The first-order chi connectivity index (χ1) is 14.6. The van der Waals surface area contributed by atoms with Gasteiger partial charge < -0.3 is 9.64 Å². The Bertz CT molecular complexity index is 863. The highest BCUT2D eigenvalue weighted by molar-refractivity contribution is 7.88. The zero-order chi connectivity index (χ0) is 22.6. The van der Waals surface area contributed by atoms with Crippen molar-refractivity contribution in [2.24, 2.45) is 5.41 Å². The van der Waals surface area contributed by atoms with E-state index in [0.717, 1.165) is 31.5 Å². The fraction of sp³-hybridized carbons (Fsp3) is 0.737. The second kappa shape index (κ2) is 9.72. The van der Waals surface area contributed by atoms with Gasteiger partial charge in [0.25, 0.3) is 5.91 Å². The molecule has 1 aromatic rings. The Balaban J connectivity index is 1.59. The number of hydrogen-bond donors (Lipinski definition) is 1. The second-order valence-electron chi connectivity index (χ2n) is 8.29. The minimum Gasteiger partial charge on any atom is -0.377 e. The SMILES string of the molecule is CON(C)C(=O)[C@@]1(COC2CCN(c3ncc(F)cn3)CC2)CC[C@H](NS(C)(=O)=O)C1. The van der Waals surface area contributed by atoms with Gasteiger partial charge in [-0.05, 0) is 32.1 Å². The molecule has 1 aliphatic carbocycles. The first kappa shape index (κ1) is 23.8. The molecular formula is C19H30FN5O5S. The largest absolute Gasteiger partial charge is 0.377 e. The minimum absolute atomic E-state index is 0.0452. The van der Waals surface area contributed by atoms with E-state index in [1.54, 1.807) is 7.05 Å². The van der Waals surface area contributed by atoms with E-state index in [1.807, 2.05) is 4.90 Å². The van der Waals surface area contributed by atoms with Crippen LogP contribution < -0.4 is 9.62 Å². The van der Waals surface area contributed by atoms with E-state index < -0.39 is 21.3 Å². The lowest BCUT2D eigenvalue weighted by Gasteiger charge is -2.36. The molecule has 0 spiro atoms. The number of aromatic nitrogens is 2. The van der Waals surface area contributed by atoms with Crippen molar-refractivity contribution in [3.8, 4) is 0 Å². The number of ether oxygens (including phenoxy) is 1. The molecule has 2 atom stereocenters. The summed E-state index contributed by atoms with van der Waals surface area (Å²) in [4.78, 5) is 28.1. The summed E-state index contributed by atoms with van der Waals surface area (Å²) in [6, 6.07) is -0.315. The number of hydrogen-bond acceptors (Lipinski definition) is 8. The molecule has 1 saturated heterocycles. The van der Waals surface area contributed by atoms with Gasteiger partial charge in [0.1, 0.15) is 0 Å². The van der Waals surface area contributed by atoms with E-state index in [9.17, 15) is 17.6 Å². The number of carbonyl (C=O) groups excluding carboxylic acids is 1. The van der Waals surface area contributed by atoms with E-state index in [-0.39, 0.29) is 24.7 Å². The standard InChI is InChI=1S/C19H30FN5O5S/c1-24(29-2)17(26)19(7-4-15(10-19)23-31(3,27)28)13-30-16-5-8-25(9-6-16)18-21-11-14(20)12-22-18/h11-12,15-16,23H,4-10,13H2,1-3H3/t15-,19-/m0/s1. The third-order valence-electron chi connectivity index (χ3n) is 5.93. The predicted molar refractivity (Wildman–Crippen MR) is 111 cm³/mol. The highest BCUT2D eigenvalue weighted by atomic mass is 32.2. The van der Waals surface area contributed by atoms with Crippen molar-refractivity contribution in [1.29, 1.82) is 0 Å². The van der Waals surface area contributed by atoms with Crippen LogP contribution in [0.2, 0.25) is 0 Å². The molecule has 1 saturated carbocycles. The minimum atomic E-state index is -3.37. The number of nitrogens with one attached hydrogen (secondary N) is 1. The molecular weight excluding hydrogens is 429 g/mol. The molecule has 2 fully saturated rings. The molecule has 1 aliphatic heterocycles. The van der Waals surface area contributed by atoms with Gasteiger partial charge in [0, 0.05) is 26.2 Å². The summed E-state index contributed by atoms with van der Waals surface area (Å²) in [5, 5.41) is 1.18. The molecule has 12 heteroatoms. The van der Waals surface area contributed by atoms with Crippen molar-refractivity contribution in [2.45, 2.75) is 44.2 Å². The molecule has 0 unspecified atom stereocenters. The van der Waals surface area contributed by atoms with Crippen molar-refractivity contribution in [2.75, 3.05) is 45.0 Å². The van der Waals surface area contributed by atoms with Gasteiger partial charge in [-0.1, -0.05) is 0 Å². The molecule has 2 aliphatic rings. The van der Waals surface area contributed by atoms with E-state index in [0.29, 0.717) is 38.3 Å². The molecule has 1 amide bonds. The summed E-state index contributed by atoms with van der Waals surface area (Å²) in [7, 11) is -0.406. The van der Waals surface area contributed by atoms with Gasteiger partial charge >= 0.3 is 0 Å². The summed E-state index contributed by atoms with van der Waals surface area (Å²) in [5.74, 6) is -0.207. The van der Waals surface area contributed by atoms with Crippen LogP contribution in [0.4, 0.5) is 10.3 Å². The summed E-state index contributed by atoms with van der Waals surface area (Å²) in [5.41, 5.74) is -0.843. The Morgan fingerprint density at radius 1 is 1.32 bits per heavy atom. The molecule has 3 rings (SSSR count). The number of amides is 1. The number of hydroxylamine groups is 2. The van der Waals surface area contributed by atoms with E-state index in [2.05, 4.69) is 14.7 Å². The molecule has 0 bridgehead atoms. The number of piperidine rings is 1. The average Bonchev–Trinajstić information content (AvgIpc) is 3.14. The maximum absolute atomic E-state index is 13.0. The van der Waals surface area contributed by atoms with E-state index in [1.165, 1.54) is 12.2 Å². The lowest BCUT2D eigenvalue weighted by Crippen LogP contribution is -2.46. The number of sulfonamides is 1. The van der Waals surface area contributed by atoms with Gasteiger partial charge in [-0.2, -0.15) is 0 Å². The van der Waals surface area contributed by atoms with Crippen molar-refractivity contribution in [3.63, 3.8) is 0 Å². The third-order valence-corrected chi connectivity index (χ3v) is 6.69. The van der Waals surface area contributed by atoms with Crippen LogP contribution >= 0.6 is 0 Å². The Hall–Kier alpha value is -1.89. The summed E-state index contributed by atoms with van der Waals surface area (Å²) < 4.78 is 45.1. The second-order valence-corrected chi connectivity index (χ2v) is 10.1. The van der Waals surface area contributed by atoms with Gasteiger partial charge in [0.2, 0.25) is 16.0 Å². The normalized spacial score (nSPS) is 25.0. The van der Waals surface area contributed by atoms with Crippen LogP contribution in [0.1, 0.15) is 32.1 Å². The Kier molecular flexibility index (Phi) is 7.45. The van der Waals surface area contributed by atoms with Crippen molar-refractivity contribution in [3.05, 3.63) is 18.2 Å². The van der Waals surface area contributed by atoms with Crippen LogP contribution in [0.25, 0.3) is 0 Å². The van der Waals surface area contributed by atoms with Crippen LogP contribution in [0, 0.1) is 11.2 Å². The van der Waals surface area contributed by atoms with Gasteiger partial charge in [0.05, 0.1) is 43.9 Å². The fourth-order valence-corrected chi connectivity index (χ4v) is 5.11. The molecule has 1 aromatic heterocycles. The van der Waals surface area contributed by atoms with Crippen LogP contribution in [0.15, 0.2) is 12.4 Å². The van der Waals surface area contributed by atoms with Crippen LogP contribution in [0.3, 0.4) is 0 Å². The highest BCUT2D eigenvalue weighted by Gasteiger charge is 2.48. The molecule has 2 heterocycles. The number of halogens is 1. The highest BCUT2D eigenvalue weighted by Crippen LogP contribution is 2.41. The predicted octanol–water partition coefficient (Wildman–Crippen LogP) is 0.709. The summed E-state index contributed by atoms with van der Waals surface area (Å²) in [6.45, 7) is 1.51. The first-order valence-corrected chi connectivity index (χ1v) is 12.1. The van der Waals surface area contributed by atoms with Gasteiger partial charge in [-0.15, -0.1) is 0 Å². The smallest absolute Gasteiger partial charge is 0.254 e. The Labute approximate surface area is 182 Å². The molecule has 0 aromatic carbocycles. The number of anilines is 1. The first-order valence-electron chi connectivity index (χ1n) is 10.3. The van der Waals surface area contributed by atoms with Crippen molar-refractivity contribution >= 4 is 21.9 Å². The van der Waals surface area contributed by atoms with Gasteiger partial charge in [0.15, 0.2) is 5.82 Å². The van der Waals surface area contributed by atoms with Crippen LogP contribution in [-0.2, 0) is 24.4 Å². The summed E-state index contributed by atoms with van der Waals surface area (Å²) in [6.07, 6.45) is 6.22. The topological polar surface area (TPSA) is 114 Å². The summed E-state index contributed by atoms with van der Waals surface area (Å²) >= 11 is 0. The number of rotatable bonds is 8. The molecule has 1 N–H and O–H groups in total. The third kappa shape index (κ3) is 6.09.